The Morgan fingerprint density at radius 2 is 1.88 bits per heavy atom. The fourth-order valence-electron chi connectivity index (χ4n) is 2.71. The molecule has 0 spiro atoms. The molecule has 2 aromatic heterocycles. The Labute approximate surface area is 148 Å². The van der Waals surface area contributed by atoms with Crippen LogP contribution in [0.2, 0.25) is 0 Å². The summed E-state index contributed by atoms with van der Waals surface area (Å²) in [5, 5.41) is 3.45. The van der Waals surface area contributed by atoms with Crippen molar-refractivity contribution in [2.45, 2.75) is 26.8 Å². The topological polar surface area (TPSA) is 59.9 Å². The van der Waals surface area contributed by atoms with Crippen molar-refractivity contribution in [2.75, 3.05) is 12.4 Å². The Bertz CT molecular complexity index is 879. The average molecular weight is 334 g/mol. The largest absolute Gasteiger partial charge is 0.497 e. The molecule has 128 valence electrons. The average Bonchev–Trinajstić information content (AvgIpc) is 2.61. The van der Waals surface area contributed by atoms with Gasteiger partial charge in [-0.2, -0.15) is 0 Å². The predicted octanol–water partition coefficient (Wildman–Crippen LogP) is 4.34. The fraction of sp³-hybridized carbons (Fsp3) is 0.250. The minimum Gasteiger partial charge on any atom is -0.497 e. The second kappa shape index (κ2) is 7.30. The molecular weight excluding hydrogens is 312 g/mol. The van der Waals surface area contributed by atoms with Crippen molar-refractivity contribution < 1.29 is 4.74 Å². The van der Waals surface area contributed by atoms with E-state index in [-0.39, 0.29) is 6.04 Å². The van der Waals surface area contributed by atoms with Crippen LogP contribution in [0, 0.1) is 13.8 Å². The van der Waals surface area contributed by atoms with E-state index in [4.69, 9.17) is 4.74 Å². The zero-order valence-electron chi connectivity index (χ0n) is 14.9. The summed E-state index contributed by atoms with van der Waals surface area (Å²) in [6.45, 7) is 5.98. The second-order valence-corrected chi connectivity index (χ2v) is 6.01. The zero-order chi connectivity index (χ0) is 17.8. The molecule has 0 aliphatic carbocycles. The van der Waals surface area contributed by atoms with Gasteiger partial charge in [-0.25, -0.2) is 9.97 Å². The highest BCUT2D eigenvalue weighted by molar-refractivity contribution is 5.62. The van der Waals surface area contributed by atoms with Crippen LogP contribution in [0.25, 0.3) is 11.3 Å². The van der Waals surface area contributed by atoms with Gasteiger partial charge < -0.3 is 10.1 Å². The molecular formula is C20H22N4O. The van der Waals surface area contributed by atoms with Gasteiger partial charge in [-0.1, -0.05) is 12.1 Å². The summed E-state index contributed by atoms with van der Waals surface area (Å²) in [5.41, 5.74) is 4.03. The molecule has 3 aromatic rings. The van der Waals surface area contributed by atoms with Crippen molar-refractivity contribution in [1.29, 1.82) is 0 Å². The number of benzene rings is 1. The molecule has 1 aromatic carbocycles. The Balaban J connectivity index is 1.87. The molecule has 0 saturated heterocycles. The van der Waals surface area contributed by atoms with Crippen LogP contribution < -0.4 is 10.1 Å². The Morgan fingerprint density at radius 1 is 1.04 bits per heavy atom. The number of ether oxygens (including phenoxy) is 1. The number of methoxy groups -OCH3 is 1. The Morgan fingerprint density at radius 3 is 2.64 bits per heavy atom. The van der Waals surface area contributed by atoms with Crippen molar-refractivity contribution in [3.8, 4) is 17.0 Å². The van der Waals surface area contributed by atoms with Crippen molar-refractivity contribution in [3.05, 3.63) is 65.7 Å². The van der Waals surface area contributed by atoms with E-state index in [0.717, 1.165) is 39.9 Å². The van der Waals surface area contributed by atoms with Crippen molar-refractivity contribution in [1.82, 2.24) is 15.0 Å². The predicted molar refractivity (Wildman–Crippen MR) is 99.8 cm³/mol. The SMILES string of the molecule is COc1cccc(C(C)Nc2cc(-c3ccnc(C)c3)nc(C)n2)c1. The number of rotatable bonds is 5. The fourth-order valence-corrected chi connectivity index (χ4v) is 2.71. The van der Waals surface area contributed by atoms with Crippen LogP contribution in [0.5, 0.6) is 5.75 Å². The van der Waals surface area contributed by atoms with Gasteiger partial charge in [0.1, 0.15) is 17.4 Å². The number of aromatic nitrogens is 3. The monoisotopic (exact) mass is 334 g/mol. The lowest BCUT2D eigenvalue weighted by Crippen LogP contribution is -2.09. The number of nitrogens with one attached hydrogen (secondary N) is 1. The van der Waals surface area contributed by atoms with Gasteiger partial charge in [0.25, 0.3) is 0 Å². The minimum absolute atomic E-state index is 0.0939. The van der Waals surface area contributed by atoms with Crippen molar-refractivity contribution >= 4 is 5.82 Å². The third kappa shape index (κ3) is 4.12. The lowest BCUT2D eigenvalue weighted by Gasteiger charge is -2.16. The molecule has 1 unspecified atom stereocenters. The summed E-state index contributed by atoms with van der Waals surface area (Å²) in [4.78, 5) is 13.3. The number of nitrogens with zero attached hydrogens (tertiary/aromatic N) is 3. The normalized spacial score (nSPS) is 11.8. The van der Waals surface area contributed by atoms with Gasteiger partial charge in [-0.15, -0.1) is 0 Å². The first kappa shape index (κ1) is 16.9. The highest BCUT2D eigenvalue weighted by Crippen LogP contribution is 2.25. The quantitative estimate of drug-likeness (QED) is 0.752. The molecule has 3 rings (SSSR count). The van der Waals surface area contributed by atoms with E-state index < -0.39 is 0 Å². The number of hydrogen-bond acceptors (Lipinski definition) is 5. The lowest BCUT2D eigenvalue weighted by molar-refractivity contribution is 0.414. The van der Waals surface area contributed by atoms with Crippen LogP contribution in [-0.2, 0) is 0 Å². The van der Waals surface area contributed by atoms with Gasteiger partial charge in [-0.05, 0) is 50.6 Å². The molecule has 2 heterocycles. The van der Waals surface area contributed by atoms with Gasteiger partial charge in [0, 0.05) is 23.5 Å². The maximum absolute atomic E-state index is 5.30. The van der Waals surface area contributed by atoms with E-state index in [1.807, 2.05) is 50.2 Å². The first-order valence-corrected chi connectivity index (χ1v) is 8.24. The molecule has 0 fully saturated rings. The number of anilines is 1. The molecule has 0 bridgehead atoms. The van der Waals surface area contributed by atoms with Gasteiger partial charge >= 0.3 is 0 Å². The van der Waals surface area contributed by atoms with Gasteiger partial charge in [0.2, 0.25) is 0 Å². The minimum atomic E-state index is 0.0939. The van der Waals surface area contributed by atoms with Crippen molar-refractivity contribution in [3.63, 3.8) is 0 Å². The van der Waals surface area contributed by atoms with Crippen molar-refractivity contribution in [2.24, 2.45) is 0 Å². The first-order chi connectivity index (χ1) is 12.0. The van der Waals surface area contributed by atoms with Crippen LogP contribution in [0.15, 0.2) is 48.7 Å². The molecule has 0 radical (unpaired) electrons. The molecule has 0 aliphatic heterocycles. The summed E-state index contributed by atoms with van der Waals surface area (Å²) in [5.74, 6) is 2.37. The lowest BCUT2D eigenvalue weighted by atomic mass is 10.1. The zero-order valence-corrected chi connectivity index (χ0v) is 14.9. The van der Waals surface area contributed by atoms with E-state index in [9.17, 15) is 0 Å². The molecule has 1 atom stereocenters. The highest BCUT2D eigenvalue weighted by Gasteiger charge is 2.10. The van der Waals surface area contributed by atoms with Gasteiger partial charge in [0.15, 0.2) is 0 Å². The van der Waals surface area contributed by atoms with E-state index in [1.54, 1.807) is 13.3 Å². The summed E-state index contributed by atoms with van der Waals surface area (Å²) in [6, 6.07) is 14.1. The second-order valence-electron chi connectivity index (χ2n) is 6.01. The molecule has 5 heteroatoms. The molecule has 0 saturated carbocycles. The van der Waals surface area contributed by atoms with E-state index in [0.29, 0.717) is 0 Å². The van der Waals surface area contributed by atoms with Crippen LogP contribution in [-0.4, -0.2) is 22.1 Å². The Hall–Kier alpha value is -2.95. The first-order valence-electron chi connectivity index (χ1n) is 8.24. The summed E-state index contributed by atoms with van der Waals surface area (Å²) >= 11 is 0. The molecule has 1 N–H and O–H groups in total. The maximum Gasteiger partial charge on any atom is 0.130 e. The van der Waals surface area contributed by atoms with Gasteiger partial charge in [0.05, 0.1) is 18.8 Å². The van der Waals surface area contributed by atoms with E-state index in [2.05, 4.69) is 33.3 Å². The number of aryl methyl sites for hydroxylation is 2. The molecule has 0 aliphatic rings. The van der Waals surface area contributed by atoms with Crippen LogP contribution in [0.4, 0.5) is 5.82 Å². The Kier molecular flexibility index (Phi) is 4.93. The third-order valence-corrected chi connectivity index (χ3v) is 3.99. The highest BCUT2D eigenvalue weighted by atomic mass is 16.5. The van der Waals surface area contributed by atoms with Gasteiger partial charge in [-0.3, -0.25) is 4.98 Å². The summed E-state index contributed by atoms with van der Waals surface area (Å²) in [7, 11) is 1.67. The third-order valence-electron chi connectivity index (χ3n) is 3.99. The summed E-state index contributed by atoms with van der Waals surface area (Å²) < 4.78 is 5.30. The van der Waals surface area contributed by atoms with E-state index in [1.165, 1.54) is 0 Å². The molecule has 0 amide bonds. The standard InChI is InChI=1S/C20H22N4O/c1-13-10-17(8-9-21-13)19-12-20(24-15(3)23-19)22-14(2)16-6-5-7-18(11-16)25-4/h5-12,14H,1-4H3,(H,22,23,24). The summed E-state index contributed by atoms with van der Waals surface area (Å²) in [6.07, 6.45) is 1.80. The van der Waals surface area contributed by atoms with E-state index >= 15 is 0 Å². The number of hydrogen-bond donors (Lipinski definition) is 1. The molecule has 25 heavy (non-hydrogen) atoms. The van der Waals surface area contributed by atoms with Crippen LogP contribution in [0.3, 0.4) is 0 Å². The number of pyridine rings is 1. The van der Waals surface area contributed by atoms with Crippen LogP contribution in [0.1, 0.15) is 30.0 Å². The smallest absolute Gasteiger partial charge is 0.130 e. The maximum atomic E-state index is 5.30. The molecule has 5 nitrogen and oxygen atoms in total. The van der Waals surface area contributed by atoms with Crippen LogP contribution >= 0.6 is 0 Å².